The highest BCUT2D eigenvalue weighted by molar-refractivity contribution is 8.00. The van der Waals surface area contributed by atoms with Crippen molar-refractivity contribution in [1.82, 2.24) is 5.32 Å². The van der Waals surface area contributed by atoms with Crippen LogP contribution in [0.2, 0.25) is 0 Å². The van der Waals surface area contributed by atoms with Gasteiger partial charge < -0.3 is 9.73 Å². The quantitative estimate of drug-likeness (QED) is 0.686. The van der Waals surface area contributed by atoms with Crippen molar-refractivity contribution in [3.8, 4) is 11.1 Å². The molecule has 2 aromatic carbocycles. The Hall–Kier alpha value is -2.46. The van der Waals surface area contributed by atoms with Crippen LogP contribution in [0.3, 0.4) is 0 Å². The van der Waals surface area contributed by atoms with Crippen LogP contribution in [-0.2, 0) is 11.3 Å². The first-order valence-corrected chi connectivity index (χ1v) is 8.37. The van der Waals surface area contributed by atoms with E-state index in [1.165, 1.54) is 22.9 Å². The number of hydrogen-bond acceptors (Lipinski definition) is 3. The minimum Gasteiger partial charge on any atom is -0.467 e. The summed E-state index contributed by atoms with van der Waals surface area (Å²) in [7, 11) is 0. The number of carbonyl (C=O) groups excluding carboxylic acids is 1. The summed E-state index contributed by atoms with van der Waals surface area (Å²) in [5.74, 6) is 1.15. The van der Waals surface area contributed by atoms with Crippen LogP contribution in [0.5, 0.6) is 0 Å². The first kappa shape index (κ1) is 15.4. The molecule has 23 heavy (non-hydrogen) atoms. The van der Waals surface area contributed by atoms with Gasteiger partial charge in [-0.1, -0.05) is 42.5 Å². The molecule has 0 atom stereocenters. The van der Waals surface area contributed by atoms with Crippen LogP contribution in [0.15, 0.2) is 82.3 Å². The van der Waals surface area contributed by atoms with E-state index in [2.05, 4.69) is 29.6 Å². The average Bonchev–Trinajstić information content (AvgIpc) is 3.13. The summed E-state index contributed by atoms with van der Waals surface area (Å²) in [5.41, 5.74) is 2.37. The van der Waals surface area contributed by atoms with E-state index in [9.17, 15) is 4.79 Å². The summed E-state index contributed by atoms with van der Waals surface area (Å²) in [4.78, 5) is 12.9. The molecule has 0 saturated carbocycles. The highest BCUT2D eigenvalue weighted by atomic mass is 32.2. The number of furan rings is 1. The van der Waals surface area contributed by atoms with Gasteiger partial charge in [-0.2, -0.15) is 0 Å². The second-order valence-electron chi connectivity index (χ2n) is 5.04. The van der Waals surface area contributed by atoms with E-state index >= 15 is 0 Å². The molecule has 0 aliphatic carbocycles. The topological polar surface area (TPSA) is 42.2 Å². The summed E-state index contributed by atoms with van der Waals surface area (Å²) in [6, 6.07) is 22.2. The van der Waals surface area contributed by atoms with Crippen LogP contribution in [0.1, 0.15) is 5.76 Å². The molecule has 1 heterocycles. The molecule has 1 N–H and O–H groups in total. The van der Waals surface area contributed by atoms with E-state index < -0.39 is 0 Å². The maximum absolute atomic E-state index is 11.8. The lowest BCUT2D eigenvalue weighted by molar-refractivity contribution is -0.118. The summed E-state index contributed by atoms with van der Waals surface area (Å²) in [6.07, 6.45) is 1.60. The normalized spacial score (nSPS) is 10.4. The van der Waals surface area contributed by atoms with Gasteiger partial charge in [-0.3, -0.25) is 4.79 Å². The number of thioether (sulfide) groups is 1. The lowest BCUT2D eigenvalue weighted by Crippen LogP contribution is -2.24. The molecule has 0 fully saturated rings. The Bertz CT molecular complexity index is 737. The molecule has 4 heteroatoms. The van der Waals surface area contributed by atoms with Crippen LogP contribution in [0.25, 0.3) is 11.1 Å². The molecule has 1 amide bonds. The largest absolute Gasteiger partial charge is 0.467 e. The number of carbonyl (C=O) groups is 1. The van der Waals surface area contributed by atoms with E-state index in [4.69, 9.17) is 4.42 Å². The monoisotopic (exact) mass is 323 g/mol. The molecule has 3 rings (SSSR count). The second-order valence-corrected chi connectivity index (χ2v) is 6.08. The van der Waals surface area contributed by atoms with Crippen molar-refractivity contribution in [3.63, 3.8) is 0 Å². The third-order valence-corrected chi connectivity index (χ3v) is 4.38. The average molecular weight is 323 g/mol. The van der Waals surface area contributed by atoms with Crippen molar-refractivity contribution in [2.75, 3.05) is 5.75 Å². The van der Waals surface area contributed by atoms with E-state index in [1.807, 2.05) is 42.5 Å². The van der Waals surface area contributed by atoms with E-state index in [0.717, 1.165) is 10.7 Å². The number of amides is 1. The summed E-state index contributed by atoms with van der Waals surface area (Å²) < 4.78 is 5.18. The van der Waals surface area contributed by atoms with Crippen LogP contribution >= 0.6 is 11.8 Å². The molecule has 116 valence electrons. The van der Waals surface area contributed by atoms with Gasteiger partial charge in [0.2, 0.25) is 5.91 Å². The van der Waals surface area contributed by atoms with Crippen LogP contribution in [0, 0.1) is 0 Å². The number of benzene rings is 2. The first-order chi connectivity index (χ1) is 11.3. The molecule has 0 spiro atoms. The van der Waals surface area contributed by atoms with Crippen molar-refractivity contribution in [2.45, 2.75) is 11.4 Å². The van der Waals surface area contributed by atoms with Gasteiger partial charge in [-0.05, 0) is 35.4 Å². The Labute approximate surface area is 139 Å². The minimum atomic E-state index is -0.00136. The number of rotatable bonds is 6. The van der Waals surface area contributed by atoms with Crippen LogP contribution in [0.4, 0.5) is 0 Å². The van der Waals surface area contributed by atoms with Crippen molar-refractivity contribution in [2.24, 2.45) is 0 Å². The van der Waals surface area contributed by atoms with Crippen molar-refractivity contribution < 1.29 is 9.21 Å². The molecule has 3 nitrogen and oxygen atoms in total. The maximum Gasteiger partial charge on any atom is 0.230 e. The standard InChI is InChI=1S/C19H17NO2S/c21-19(20-13-17-7-4-12-22-17)14-23-18-10-8-16(9-11-18)15-5-2-1-3-6-15/h1-12H,13-14H2,(H,20,21). The highest BCUT2D eigenvalue weighted by Gasteiger charge is 2.04. The zero-order valence-corrected chi connectivity index (χ0v) is 13.4. The van der Waals surface area contributed by atoms with Crippen molar-refractivity contribution in [3.05, 3.63) is 78.8 Å². The summed E-state index contributed by atoms with van der Waals surface area (Å²) >= 11 is 1.53. The molecule has 1 aromatic heterocycles. The molecule has 0 saturated heterocycles. The van der Waals surface area contributed by atoms with Gasteiger partial charge in [-0.15, -0.1) is 11.8 Å². The molecule has 0 aliphatic rings. The predicted octanol–water partition coefficient (Wildman–Crippen LogP) is 4.36. The van der Waals surface area contributed by atoms with Gasteiger partial charge in [0.05, 0.1) is 18.6 Å². The Morgan fingerprint density at radius 2 is 1.65 bits per heavy atom. The van der Waals surface area contributed by atoms with Crippen molar-refractivity contribution in [1.29, 1.82) is 0 Å². The zero-order chi connectivity index (χ0) is 15.9. The molecular weight excluding hydrogens is 306 g/mol. The predicted molar refractivity (Wildman–Crippen MR) is 93.2 cm³/mol. The summed E-state index contributed by atoms with van der Waals surface area (Å²) in [5, 5.41) is 2.84. The minimum absolute atomic E-state index is 0.00136. The van der Waals surface area contributed by atoms with Crippen LogP contribution in [-0.4, -0.2) is 11.7 Å². The SMILES string of the molecule is O=C(CSc1ccc(-c2ccccc2)cc1)NCc1ccco1. The van der Waals surface area contributed by atoms with E-state index in [-0.39, 0.29) is 5.91 Å². The molecule has 0 aliphatic heterocycles. The fourth-order valence-electron chi connectivity index (χ4n) is 2.17. The lowest BCUT2D eigenvalue weighted by atomic mass is 10.1. The van der Waals surface area contributed by atoms with Gasteiger partial charge in [0.25, 0.3) is 0 Å². The van der Waals surface area contributed by atoms with Crippen molar-refractivity contribution >= 4 is 17.7 Å². The third kappa shape index (κ3) is 4.50. The fraction of sp³-hybridized carbons (Fsp3) is 0.105. The number of hydrogen-bond donors (Lipinski definition) is 1. The van der Waals surface area contributed by atoms with Gasteiger partial charge in [-0.25, -0.2) is 0 Å². The molecule has 0 radical (unpaired) electrons. The van der Waals surface area contributed by atoms with E-state index in [1.54, 1.807) is 6.26 Å². The Kier molecular flexibility index (Phi) is 5.17. The second kappa shape index (κ2) is 7.70. The van der Waals surface area contributed by atoms with Gasteiger partial charge in [0.1, 0.15) is 5.76 Å². The lowest BCUT2D eigenvalue weighted by Gasteiger charge is -2.05. The maximum atomic E-state index is 11.8. The van der Waals surface area contributed by atoms with E-state index in [0.29, 0.717) is 12.3 Å². The number of nitrogens with one attached hydrogen (secondary N) is 1. The summed E-state index contributed by atoms with van der Waals surface area (Å²) in [6.45, 7) is 0.430. The Morgan fingerprint density at radius 1 is 0.913 bits per heavy atom. The molecule has 0 bridgehead atoms. The Balaban J connectivity index is 1.49. The highest BCUT2D eigenvalue weighted by Crippen LogP contribution is 2.23. The first-order valence-electron chi connectivity index (χ1n) is 7.38. The van der Waals surface area contributed by atoms with Gasteiger partial charge in [0.15, 0.2) is 0 Å². The molecule has 0 unspecified atom stereocenters. The molecular formula is C19H17NO2S. The third-order valence-electron chi connectivity index (χ3n) is 3.37. The Morgan fingerprint density at radius 3 is 2.35 bits per heavy atom. The fourth-order valence-corrected chi connectivity index (χ4v) is 2.90. The van der Waals surface area contributed by atoms with Gasteiger partial charge in [0, 0.05) is 4.90 Å². The van der Waals surface area contributed by atoms with Gasteiger partial charge >= 0.3 is 0 Å². The van der Waals surface area contributed by atoms with Crippen LogP contribution < -0.4 is 5.32 Å². The zero-order valence-electron chi connectivity index (χ0n) is 12.6. The smallest absolute Gasteiger partial charge is 0.230 e. The molecule has 3 aromatic rings.